The number of anilines is 3. The molecule has 1 heterocycles. The molecule has 0 saturated heterocycles. The van der Waals surface area contributed by atoms with Crippen LogP contribution in [0.3, 0.4) is 0 Å². The number of nitrogens with zero attached hydrogens (tertiary/aromatic N) is 3. The van der Waals surface area contributed by atoms with E-state index in [4.69, 9.17) is 0 Å². The van der Waals surface area contributed by atoms with E-state index < -0.39 is 13.3 Å². The van der Waals surface area contributed by atoms with Crippen molar-refractivity contribution in [1.29, 1.82) is 5.26 Å². The summed E-state index contributed by atoms with van der Waals surface area (Å²) in [4.78, 5) is 2.33. The van der Waals surface area contributed by atoms with Gasteiger partial charge in [0.2, 0.25) is 0 Å². The fourth-order valence-corrected chi connectivity index (χ4v) is 18.8. The molecular weight excluding hydrogens is 775 g/mol. The Labute approximate surface area is 347 Å². The summed E-state index contributed by atoms with van der Waals surface area (Å²) in [5, 5.41) is 11.8. The minimum absolute atomic E-state index is 0.650. The van der Waals surface area contributed by atoms with E-state index in [1.165, 1.54) is 39.5 Å². The maximum absolute atomic E-state index is 9.43. The van der Waals surface area contributed by atoms with Gasteiger partial charge in [-0.1, -0.05) is 24.3 Å². The molecule has 0 unspecified atom stereocenters. The number of rotatable bonds is 9. The number of hydrogen-bond donors (Lipinski definition) is 0. The Morgan fingerprint density at radius 3 is 1.37 bits per heavy atom. The predicted molar refractivity (Wildman–Crippen MR) is 249 cm³/mol. The number of benzene rings is 9. The van der Waals surface area contributed by atoms with Gasteiger partial charge in [-0.2, -0.15) is 5.26 Å². The normalized spacial score (nSPS) is 11.4. The van der Waals surface area contributed by atoms with Gasteiger partial charge in [0.25, 0.3) is 0 Å². The second kappa shape index (κ2) is 15.5. The van der Waals surface area contributed by atoms with Crippen molar-refractivity contribution in [3.8, 4) is 22.9 Å². The molecule has 10 aromatic rings. The van der Waals surface area contributed by atoms with Gasteiger partial charge >= 0.3 is 251 Å². The average Bonchev–Trinajstić information content (AvgIpc) is 3.65. The first kappa shape index (κ1) is 36.0. The van der Waals surface area contributed by atoms with Crippen molar-refractivity contribution in [3.63, 3.8) is 0 Å². The van der Waals surface area contributed by atoms with Crippen molar-refractivity contribution in [2.24, 2.45) is 0 Å². The zero-order chi connectivity index (χ0) is 39.6. The third-order valence-electron chi connectivity index (χ3n) is 11.6. The topological polar surface area (TPSA) is 32.0 Å². The molecule has 0 radical (unpaired) electrons. The molecule has 278 valence electrons. The Morgan fingerprint density at radius 1 is 0.373 bits per heavy atom. The van der Waals surface area contributed by atoms with Crippen LogP contribution < -0.4 is 22.5 Å². The van der Waals surface area contributed by atoms with E-state index in [0.29, 0.717) is 5.56 Å². The van der Waals surface area contributed by atoms with Gasteiger partial charge in [-0.15, -0.1) is 0 Å². The molecule has 10 rings (SSSR count). The third-order valence-corrected chi connectivity index (χ3v) is 21.6. The summed E-state index contributed by atoms with van der Waals surface area (Å²) in [6, 6.07) is 87.8. The van der Waals surface area contributed by atoms with Crippen LogP contribution >= 0.6 is 0 Å². The zero-order valence-corrected chi connectivity index (χ0v) is 34.5. The van der Waals surface area contributed by atoms with Gasteiger partial charge in [0, 0.05) is 11.1 Å². The van der Waals surface area contributed by atoms with Crippen molar-refractivity contribution in [2.75, 3.05) is 4.90 Å². The van der Waals surface area contributed by atoms with E-state index in [1.54, 1.807) is 0 Å². The number of fused-ring (bicyclic) bond motifs is 3. The summed E-state index contributed by atoms with van der Waals surface area (Å²) in [6.45, 7) is 0. The average molecular weight is 815 g/mol. The summed E-state index contributed by atoms with van der Waals surface area (Å²) in [5.41, 5.74) is 9.53. The minimum Gasteiger partial charge on any atom is -0.0423 e. The van der Waals surface area contributed by atoms with Crippen LogP contribution in [0.25, 0.3) is 38.6 Å². The maximum atomic E-state index is 9.43. The predicted octanol–water partition coefficient (Wildman–Crippen LogP) is 11.2. The Kier molecular flexibility index (Phi) is 9.46. The van der Waals surface area contributed by atoms with Gasteiger partial charge in [0.1, 0.15) is 0 Å². The summed E-state index contributed by atoms with van der Waals surface area (Å²) in [6.07, 6.45) is 0. The third kappa shape index (κ3) is 6.41. The molecule has 0 bridgehead atoms. The Bertz CT molecular complexity index is 2970. The van der Waals surface area contributed by atoms with Gasteiger partial charge in [0.05, 0.1) is 22.7 Å². The molecule has 0 N–H and O–H groups in total. The van der Waals surface area contributed by atoms with Crippen LogP contribution in [-0.4, -0.2) is 17.8 Å². The van der Waals surface area contributed by atoms with Crippen LogP contribution in [0, 0.1) is 11.3 Å². The van der Waals surface area contributed by atoms with Gasteiger partial charge in [-0.3, -0.25) is 0 Å². The Morgan fingerprint density at radius 2 is 0.814 bits per heavy atom. The summed E-state index contributed by atoms with van der Waals surface area (Å²) >= 11 is -3.34. The summed E-state index contributed by atoms with van der Waals surface area (Å²) in [7, 11) is 0. The van der Waals surface area contributed by atoms with E-state index in [2.05, 4.69) is 228 Å². The molecule has 0 saturated carbocycles. The SMILES string of the molecule is N#Cc1ccc(-n2c3ccccc3c3cc(N(c4ccccc4)c4ccc(-c5cc[c]([Ge]([c]6ccccc6)([c]6ccccc6)[c]6ccccc6)cc5)cc4)ccc32)cc1. The van der Waals surface area contributed by atoms with Crippen molar-refractivity contribution in [1.82, 2.24) is 4.57 Å². The molecule has 1 aromatic heterocycles. The molecule has 0 spiro atoms. The van der Waals surface area contributed by atoms with E-state index >= 15 is 0 Å². The molecule has 9 aromatic carbocycles. The van der Waals surface area contributed by atoms with E-state index in [1.807, 2.05) is 24.3 Å². The van der Waals surface area contributed by atoms with E-state index in [9.17, 15) is 5.26 Å². The van der Waals surface area contributed by atoms with Crippen molar-refractivity contribution < 1.29 is 0 Å². The molecule has 59 heavy (non-hydrogen) atoms. The molecule has 0 fully saturated rings. The van der Waals surface area contributed by atoms with Gasteiger partial charge in [0.15, 0.2) is 0 Å². The van der Waals surface area contributed by atoms with Gasteiger partial charge in [-0.25, -0.2) is 0 Å². The first-order chi connectivity index (χ1) is 29.2. The molecule has 0 amide bonds. The molecular formula is C55H39GeN3. The van der Waals surface area contributed by atoms with Crippen LogP contribution in [0.5, 0.6) is 0 Å². The van der Waals surface area contributed by atoms with E-state index in [0.717, 1.165) is 33.8 Å². The van der Waals surface area contributed by atoms with Gasteiger partial charge in [-0.05, 0) is 30.3 Å². The molecule has 0 aliphatic carbocycles. The summed E-state index contributed by atoms with van der Waals surface area (Å²) < 4.78 is 7.94. The number of aromatic nitrogens is 1. The fourth-order valence-electron chi connectivity index (χ4n) is 8.87. The second-order valence-corrected chi connectivity index (χ2v) is 22.8. The van der Waals surface area contributed by atoms with Crippen LogP contribution in [0.4, 0.5) is 17.1 Å². The molecule has 0 aliphatic rings. The van der Waals surface area contributed by atoms with Crippen LogP contribution in [0.2, 0.25) is 0 Å². The second-order valence-electron chi connectivity index (χ2n) is 14.9. The Balaban J connectivity index is 1.04. The molecule has 4 heteroatoms. The van der Waals surface area contributed by atoms with Crippen molar-refractivity contribution >= 4 is 69.7 Å². The van der Waals surface area contributed by atoms with Crippen molar-refractivity contribution in [2.45, 2.75) is 0 Å². The molecule has 0 atom stereocenters. The number of hydrogen-bond acceptors (Lipinski definition) is 2. The van der Waals surface area contributed by atoms with Gasteiger partial charge < -0.3 is 4.57 Å². The first-order valence-electron chi connectivity index (χ1n) is 20.0. The summed E-state index contributed by atoms with van der Waals surface area (Å²) in [5.74, 6) is 0. The number of nitriles is 1. The quantitative estimate of drug-likeness (QED) is 0.136. The van der Waals surface area contributed by atoms with Crippen LogP contribution in [-0.2, 0) is 0 Å². The fraction of sp³-hybridized carbons (Fsp3) is 0. The first-order valence-corrected chi connectivity index (χ1v) is 24.2. The minimum atomic E-state index is -3.34. The molecule has 3 nitrogen and oxygen atoms in total. The van der Waals surface area contributed by atoms with Crippen LogP contribution in [0.15, 0.2) is 237 Å². The number of para-hydroxylation sites is 2. The zero-order valence-electron chi connectivity index (χ0n) is 32.4. The standard InChI is InChI=1S/C55H39GeN3/c57-40-41-25-33-50(34-26-41)59-54-24-14-13-23-52(54)53-39-51(37-38-55(53)59)58(48-21-11-4-12-22-48)49-35-29-43(30-36-49)42-27-31-47(32-28-42)56(44-15-5-1-6-16-44,45-17-7-2-8-18-45)46-19-9-3-10-20-46/h1-39H. The van der Waals surface area contributed by atoms with Crippen molar-refractivity contribution in [3.05, 3.63) is 242 Å². The van der Waals surface area contributed by atoms with E-state index in [-0.39, 0.29) is 0 Å². The molecule has 0 aliphatic heterocycles. The Hall–Kier alpha value is -7.39. The monoisotopic (exact) mass is 815 g/mol. The van der Waals surface area contributed by atoms with Crippen LogP contribution in [0.1, 0.15) is 5.56 Å². The smallest absolute Gasteiger partial charge is 0.0423 e.